The van der Waals surface area contributed by atoms with Crippen LogP contribution in [0.25, 0.3) is 0 Å². The molecular weight excluding hydrogens is 312 g/mol. The average molecular weight is 357 g/mol. The number of rotatable bonds is 19. The normalized spacial score (nSPS) is 12.3. The Morgan fingerprint density at radius 3 is 1.56 bits per heavy atom. The Hall–Kier alpha value is -0.570. The van der Waals surface area contributed by atoms with Crippen LogP contribution in [-0.4, -0.2) is 12.6 Å². The van der Waals surface area contributed by atoms with Crippen molar-refractivity contribution in [2.45, 2.75) is 124 Å². The van der Waals surface area contributed by atoms with E-state index in [0.717, 1.165) is 32.1 Å². The van der Waals surface area contributed by atoms with Crippen LogP contribution in [0.1, 0.15) is 124 Å². The Morgan fingerprint density at radius 1 is 0.640 bits per heavy atom. The predicted molar refractivity (Wildman–Crippen MR) is 106 cm³/mol. The van der Waals surface area contributed by atoms with Crippen molar-refractivity contribution in [2.75, 3.05) is 6.61 Å². The summed E-state index contributed by atoms with van der Waals surface area (Å²) in [5.74, 6) is -0.145. The first kappa shape index (κ1) is 24.4. The molecule has 1 unspecified atom stereocenters. The molecule has 0 radical (unpaired) electrons. The molecule has 0 heterocycles. The second-order valence-corrected chi connectivity index (χ2v) is 7.33. The molecule has 0 rings (SSSR count). The van der Waals surface area contributed by atoms with Gasteiger partial charge in [-0.2, -0.15) is 4.89 Å². The van der Waals surface area contributed by atoms with Gasteiger partial charge < -0.3 is 0 Å². The van der Waals surface area contributed by atoms with Crippen LogP contribution in [-0.2, 0) is 14.6 Å². The molecule has 0 bridgehead atoms. The monoisotopic (exact) mass is 356 g/mol. The van der Waals surface area contributed by atoms with Crippen LogP contribution in [0.3, 0.4) is 0 Å². The van der Waals surface area contributed by atoms with E-state index in [0.29, 0.717) is 6.61 Å². The number of carbonyl (C=O) groups is 1. The zero-order valence-electron chi connectivity index (χ0n) is 17.3. The molecular formula is C22H44O3. The summed E-state index contributed by atoms with van der Waals surface area (Å²) in [5, 5.41) is 0. The summed E-state index contributed by atoms with van der Waals surface area (Å²) in [7, 11) is 0. The van der Waals surface area contributed by atoms with Crippen molar-refractivity contribution in [3.05, 3.63) is 0 Å². The van der Waals surface area contributed by atoms with Gasteiger partial charge in [-0.05, 0) is 19.8 Å². The minimum absolute atomic E-state index is 0.0228. The summed E-state index contributed by atoms with van der Waals surface area (Å²) >= 11 is 0. The van der Waals surface area contributed by atoms with Crippen LogP contribution in [0.2, 0.25) is 0 Å². The molecule has 25 heavy (non-hydrogen) atoms. The van der Waals surface area contributed by atoms with Crippen LogP contribution < -0.4 is 0 Å². The van der Waals surface area contributed by atoms with Gasteiger partial charge in [-0.25, -0.2) is 4.79 Å². The van der Waals surface area contributed by atoms with Crippen molar-refractivity contribution < 1.29 is 14.6 Å². The molecule has 0 amide bonds. The van der Waals surface area contributed by atoms with Gasteiger partial charge in [0.15, 0.2) is 0 Å². The van der Waals surface area contributed by atoms with Gasteiger partial charge in [0.25, 0.3) is 0 Å². The summed E-state index contributed by atoms with van der Waals surface area (Å²) in [5.41, 5.74) is 0. The lowest BCUT2D eigenvalue weighted by molar-refractivity contribution is -0.273. The van der Waals surface area contributed by atoms with E-state index < -0.39 is 0 Å². The van der Waals surface area contributed by atoms with E-state index in [1.54, 1.807) is 0 Å². The van der Waals surface area contributed by atoms with Crippen molar-refractivity contribution >= 4 is 5.97 Å². The minimum Gasteiger partial charge on any atom is -0.298 e. The quantitative estimate of drug-likeness (QED) is 0.138. The van der Waals surface area contributed by atoms with Gasteiger partial charge in [-0.3, -0.25) is 4.89 Å². The number of unbranched alkanes of at least 4 members (excludes halogenated alkanes) is 12. The molecule has 0 aliphatic carbocycles. The van der Waals surface area contributed by atoms with Gasteiger partial charge in [0.1, 0.15) is 0 Å². The van der Waals surface area contributed by atoms with E-state index in [1.807, 2.05) is 6.92 Å². The Kier molecular flexibility index (Phi) is 19.3. The standard InChI is InChI=1S/C22H44O3/c1-4-7-9-10-11-12-13-14-15-16-17-18-20-21(19-8-5-2)22(23)25-24-6-3/h21H,4-20H2,1-3H3. The van der Waals surface area contributed by atoms with E-state index in [2.05, 4.69) is 13.8 Å². The van der Waals surface area contributed by atoms with E-state index >= 15 is 0 Å². The molecule has 0 spiro atoms. The van der Waals surface area contributed by atoms with E-state index in [1.165, 1.54) is 70.6 Å². The van der Waals surface area contributed by atoms with Crippen molar-refractivity contribution in [2.24, 2.45) is 5.92 Å². The van der Waals surface area contributed by atoms with Crippen LogP contribution in [0.4, 0.5) is 0 Å². The molecule has 0 aliphatic heterocycles. The smallest absolute Gasteiger partial charge is 0.298 e. The Bertz CT molecular complexity index is 278. The summed E-state index contributed by atoms with van der Waals surface area (Å²) in [6.45, 7) is 6.69. The van der Waals surface area contributed by atoms with Crippen molar-refractivity contribution in [1.82, 2.24) is 0 Å². The Labute approximate surface area is 157 Å². The summed E-state index contributed by atoms with van der Waals surface area (Å²) in [6.07, 6.45) is 20.3. The lowest BCUT2D eigenvalue weighted by Crippen LogP contribution is -2.18. The maximum atomic E-state index is 12.0. The molecule has 1 atom stereocenters. The van der Waals surface area contributed by atoms with Crippen molar-refractivity contribution in [1.29, 1.82) is 0 Å². The third kappa shape index (κ3) is 16.6. The van der Waals surface area contributed by atoms with Crippen LogP contribution in [0.5, 0.6) is 0 Å². The molecule has 150 valence electrons. The second-order valence-electron chi connectivity index (χ2n) is 7.33. The molecule has 0 saturated heterocycles. The molecule has 3 nitrogen and oxygen atoms in total. The number of hydrogen-bond acceptors (Lipinski definition) is 3. The van der Waals surface area contributed by atoms with E-state index in [4.69, 9.17) is 9.78 Å². The highest BCUT2D eigenvalue weighted by Crippen LogP contribution is 2.20. The van der Waals surface area contributed by atoms with Gasteiger partial charge in [0.2, 0.25) is 0 Å². The highest BCUT2D eigenvalue weighted by Gasteiger charge is 2.20. The van der Waals surface area contributed by atoms with E-state index in [-0.39, 0.29) is 11.9 Å². The molecule has 0 aliphatic rings. The third-order valence-corrected chi connectivity index (χ3v) is 4.90. The fraction of sp³-hybridized carbons (Fsp3) is 0.955. The molecule has 0 aromatic heterocycles. The summed E-state index contributed by atoms with van der Waals surface area (Å²) < 4.78 is 0. The maximum Gasteiger partial charge on any atom is 0.345 e. The molecule has 0 N–H and O–H groups in total. The van der Waals surface area contributed by atoms with Gasteiger partial charge in [0, 0.05) is 0 Å². The van der Waals surface area contributed by atoms with Gasteiger partial charge >= 0.3 is 5.97 Å². The average Bonchev–Trinajstić information content (AvgIpc) is 2.63. The summed E-state index contributed by atoms with van der Waals surface area (Å²) in [6, 6.07) is 0. The van der Waals surface area contributed by atoms with E-state index in [9.17, 15) is 4.79 Å². The zero-order valence-corrected chi connectivity index (χ0v) is 17.3. The summed E-state index contributed by atoms with van der Waals surface area (Å²) in [4.78, 5) is 21.7. The SMILES string of the molecule is CCCCCCCCCCCCCCC(CCCC)C(=O)OOCC. The molecule has 0 aromatic rings. The fourth-order valence-electron chi connectivity index (χ4n) is 3.25. The van der Waals surface area contributed by atoms with Crippen LogP contribution in [0, 0.1) is 5.92 Å². The Morgan fingerprint density at radius 2 is 1.08 bits per heavy atom. The Balaban J connectivity index is 3.55. The highest BCUT2D eigenvalue weighted by atomic mass is 17.2. The number of carbonyl (C=O) groups excluding carboxylic acids is 1. The zero-order chi connectivity index (χ0) is 18.6. The molecule has 3 heteroatoms. The topological polar surface area (TPSA) is 35.5 Å². The highest BCUT2D eigenvalue weighted by molar-refractivity contribution is 5.71. The second kappa shape index (κ2) is 19.8. The lowest BCUT2D eigenvalue weighted by Gasteiger charge is -2.14. The molecule has 0 saturated carbocycles. The molecule has 0 aromatic carbocycles. The predicted octanol–water partition coefficient (Wildman–Crippen LogP) is 7.38. The lowest BCUT2D eigenvalue weighted by atomic mass is 9.95. The minimum atomic E-state index is -0.168. The van der Waals surface area contributed by atoms with Crippen LogP contribution >= 0.6 is 0 Å². The van der Waals surface area contributed by atoms with Gasteiger partial charge in [-0.1, -0.05) is 104 Å². The van der Waals surface area contributed by atoms with Crippen LogP contribution in [0.15, 0.2) is 0 Å². The first-order valence-corrected chi connectivity index (χ1v) is 11.1. The van der Waals surface area contributed by atoms with Gasteiger partial charge in [0.05, 0.1) is 12.5 Å². The van der Waals surface area contributed by atoms with Crippen molar-refractivity contribution in [3.63, 3.8) is 0 Å². The fourth-order valence-corrected chi connectivity index (χ4v) is 3.25. The van der Waals surface area contributed by atoms with Crippen molar-refractivity contribution in [3.8, 4) is 0 Å². The largest absolute Gasteiger partial charge is 0.345 e. The third-order valence-electron chi connectivity index (χ3n) is 4.90. The van der Waals surface area contributed by atoms with Gasteiger partial charge in [-0.15, -0.1) is 0 Å². The first-order valence-electron chi connectivity index (χ1n) is 11.1. The number of hydrogen-bond donors (Lipinski definition) is 0. The maximum absolute atomic E-state index is 12.0. The molecule has 0 fully saturated rings. The first-order chi connectivity index (χ1) is 12.3.